The van der Waals surface area contributed by atoms with Crippen LogP contribution < -0.4 is 4.74 Å². The van der Waals surface area contributed by atoms with Crippen molar-refractivity contribution in [2.45, 2.75) is 40.7 Å². The molecule has 0 atom stereocenters. The van der Waals surface area contributed by atoms with E-state index in [1.807, 2.05) is 50.5 Å². The van der Waals surface area contributed by atoms with Gasteiger partial charge in [-0.15, -0.1) is 0 Å². The van der Waals surface area contributed by atoms with Crippen LogP contribution in [0.1, 0.15) is 38.4 Å². The number of aryl methyl sites for hydroxylation is 4. The Balaban J connectivity index is 1.53. The molecule has 0 aliphatic carbocycles. The van der Waals surface area contributed by atoms with Crippen LogP contribution in [0.4, 0.5) is 4.39 Å². The third kappa shape index (κ3) is 5.84. The lowest BCUT2D eigenvalue weighted by atomic mass is 10.1. The molecule has 3 rings (SSSR count). The maximum absolute atomic E-state index is 13.1. The van der Waals surface area contributed by atoms with Crippen LogP contribution in [-0.4, -0.2) is 29.5 Å². The first kappa shape index (κ1) is 23.3. The number of benzene rings is 2. The Morgan fingerprint density at radius 3 is 2.31 bits per heavy atom. The molecule has 1 heterocycles. The fourth-order valence-corrected chi connectivity index (χ4v) is 3.53. The molecule has 0 spiro atoms. The highest BCUT2D eigenvalue weighted by Gasteiger charge is 2.17. The zero-order valence-corrected chi connectivity index (χ0v) is 18.9. The Morgan fingerprint density at radius 2 is 1.62 bits per heavy atom. The molecule has 1 aromatic heterocycles. The van der Waals surface area contributed by atoms with E-state index >= 15 is 0 Å². The monoisotopic (exact) mass is 437 g/mol. The first-order valence-electron chi connectivity index (χ1n) is 10.5. The van der Waals surface area contributed by atoms with E-state index in [1.165, 1.54) is 12.1 Å². The number of nitrogens with zero attached hydrogens (tertiary/aromatic N) is 1. The molecule has 0 aliphatic heterocycles. The molecular weight excluding hydrogens is 409 g/mol. The predicted molar refractivity (Wildman–Crippen MR) is 121 cm³/mol. The number of ketones is 1. The summed E-state index contributed by atoms with van der Waals surface area (Å²) < 4.78 is 25.7. The van der Waals surface area contributed by atoms with Crippen molar-refractivity contribution in [1.82, 2.24) is 4.57 Å². The average molecular weight is 438 g/mol. The Hall–Kier alpha value is -3.41. The van der Waals surface area contributed by atoms with Gasteiger partial charge in [0.1, 0.15) is 11.6 Å². The number of carbonyl (C=O) groups is 2. The second kappa shape index (κ2) is 10.3. The van der Waals surface area contributed by atoms with Crippen molar-refractivity contribution >= 4 is 11.8 Å². The molecule has 5 nitrogen and oxygen atoms in total. The van der Waals surface area contributed by atoms with Crippen LogP contribution in [0.3, 0.4) is 0 Å². The molecular formula is C26H28FNO4. The number of carbonyl (C=O) groups excluding carboxylic acids is 2. The summed E-state index contributed by atoms with van der Waals surface area (Å²) in [7, 11) is 0. The number of halogens is 1. The summed E-state index contributed by atoms with van der Waals surface area (Å²) in [4.78, 5) is 24.6. The molecule has 2 aromatic carbocycles. The van der Waals surface area contributed by atoms with Gasteiger partial charge in [-0.25, -0.2) is 9.18 Å². The highest BCUT2D eigenvalue weighted by Crippen LogP contribution is 2.18. The van der Waals surface area contributed by atoms with Crippen LogP contribution >= 0.6 is 0 Å². The van der Waals surface area contributed by atoms with Crippen molar-refractivity contribution in [1.29, 1.82) is 0 Å². The summed E-state index contributed by atoms with van der Waals surface area (Å²) in [5.41, 5.74) is 5.52. The van der Waals surface area contributed by atoms with Gasteiger partial charge in [-0.05, 0) is 81.1 Å². The minimum Gasteiger partial charge on any atom is -0.482 e. The minimum absolute atomic E-state index is 0.257. The molecule has 168 valence electrons. The fraction of sp³-hybridized carbons (Fsp3) is 0.308. The fourth-order valence-electron chi connectivity index (χ4n) is 3.53. The first-order valence-corrected chi connectivity index (χ1v) is 10.5. The Bertz CT molecular complexity index is 1120. The Labute approximate surface area is 187 Å². The molecule has 3 aromatic rings. The Kier molecular flexibility index (Phi) is 7.46. The molecule has 0 N–H and O–H groups in total. The molecule has 0 amide bonds. The van der Waals surface area contributed by atoms with Crippen molar-refractivity contribution in [2.75, 3.05) is 13.2 Å². The summed E-state index contributed by atoms with van der Waals surface area (Å²) in [6.45, 7) is 7.84. The Morgan fingerprint density at radius 1 is 0.906 bits per heavy atom. The number of Topliss-reactive ketones (excluding diaryl/α,β-unsaturated/α-hetero) is 1. The molecule has 0 unspecified atom stereocenters. The quantitative estimate of drug-likeness (QED) is 0.353. The maximum Gasteiger partial charge on any atom is 0.344 e. The summed E-state index contributed by atoms with van der Waals surface area (Å²) in [6.07, 6.45) is 0.717. The lowest BCUT2D eigenvalue weighted by molar-refractivity contribution is -0.144. The van der Waals surface area contributed by atoms with Gasteiger partial charge in [-0.3, -0.25) is 4.79 Å². The van der Waals surface area contributed by atoms with E-state index in [-0.39, 0.29) is 24.8 Å². The lowest BCUT2D eigenvalue weighted by Crippen LogP contribution is -2.20. The van der Waals surface area contributed by atoms with Crippen molar-refractivity contribution in [3.63, 3.8) is 0 Å². The largest absolute Gasteiger partial charge is 0.482 e. The van der Waals surface area contributed by atoms with Gasteiger partial charge in [0.05, 0.1) is 0 Å². The summed E-state index contributed by atoms with van der Waals surface area (Å²) in [6, 6.07) is 13.8. The van der Waals surface area contributed by atoms with Crippen molar-refractivity contribution in [2.24, 2.45) is 0 Å². The van der Waals surface area contributed by atoms with Crippen LogP contribution in [0.5, 0.6) is 5.75 Å². The molecule has 6 heteroatoms. The van der Waals surface area contributed by atoms with E-state index in [0.29, 0.717) is 17.9 Å². The van der Waals surface area contributed by atoms with Crippen LogP contribution in [0.2, 0.25) is 0 Å². The van der Waals surface area contributed by atoms with E-state index in [9.17, 15) is 14.0 Å². The van der Waals surface area contributed by atoms with Gasteiger partial charge < -0.3 is 14.0 Å². The molecule has 0 fully saturated rings. The van der Waals surface area contributed by atoms with E-state index in [0.717, 1.165) is 34.5 Å². The second-order valence-corrected chi connectivity index (χ2v) is 7.93. The van der Waals surface area contributed by atoms with E-state index in [1.54, 1.807) is 18.2 Å². The van der Waals surface area contributed by atoms with Gasteiger partial charge in [-0.2, -0.15) is 0 Å². The van der Waals surface area contributed by atoms with E-state index in [4.69, 9.17) is 9.47 Å². The van der Waals surface area contributed by atoms with Crippen LogP contribution in [0, 0.1) is 33.5 Å². The highest BCUT2D eigenvalue weighted by molar-refractivity contribution is 5.99. The van der Waals surface area contributed by atoms with Gasteiger partial charge in [0.15, 0.2) is 13.2 Å². The van der Waals surface area contributed by atoms with Gasteiger partial charge in [0.25, 0.3) is 0 Å². The summed E-state index contributed by atoms with van der Waals surface area (Å²) >= 11 is 0. The molecule has 0 radical (unpaired) electrons. The molecule has 0 saturated carbocycles. The van der Waals surface area contributed by atoms with Crippen molar-refractivity contribution in [3.05, 3.63) is 88.0 Å². The number of ether oxygens (including phenoxy) is 2. The number of hydrogen-bond donors (Lipinski definition) is 0. The maximum atomic E-state index is 13.1. The first-order chi connectivity index (χ1) is 15.2. The van der Waals surface area contributed by atoms with Gasteiger partial charge >= 0.3 is 5.97 Å². The zero-order chi connectivity index (χ0) is 23.3. The van der Waals surface area contributed by atoms with Gasteiger partial charge in [0, 0.05) is 23.5 Å². The van der Waals surface area contributed by atoms with Crippen molar-refractivity contribution < 1.29 is 23.5 Å². The van der Waals surface area contributed by atoms with Crippen LogP contribution in [0.15, 0.2) is 48.5 Å². The zero-order valence-electron chi connectivity index (χ0n) is 18.9. The second-order valence-electron chi connectivity index (χ2n) is 7.93. The third-order valence-corrected chi connectivity index (χ3v) is 5.61. The summed E-state index contributed by atoms with van der Waals surface area (Å²) in [5, 5.41) is 0. The summed E-state index contributed by atoms with van der Waals surface area (Å²) in [5.74, 6) is -0.530. The topological polar surface area (TPSA) is 57.5 Å². The third-order valence-electron chi connectivity index (χ3n) is 5.61. The molecule has 0 saturated heterocycles. The standard InChI is InChI=1S/C26H28FNO4/c1-17-5-10-23(13-18(17)2)31-16-26(30)32-15-25(29)24-14-19(3)28(20(24)4)12-11-21-6-8-22(27)9-7-21/h5-10,13-14H,11-12,15-16H2,1-4H3. The number of aromatic nitrogens is 1. The molecule has 0 bridgehead atoms. The van der Waals surface area contributed by atoms with Crippen LogP contribution in [-0.2, 0) is 22.5 Å². The molecule has 32 heavy (non-hydrogen) atoms. The molecule has 0 aliphatic rings. The van der Waals surface area contributed by atoms with Crippen molar-refractivity contribution in [3.8, 4) is 5.75 Å². The number of hydrogen-bond acceptors (Lipinski definition) is 4. The normalized spacial score (nSPS) is 10.8. The lowest BCUT2D eigenvalue weighted by Gasteiger charge is -2.10. The van der Waals surface area contributed by atoms with Gasteiger partial charge in [0.2, 0.25) is 5.78 Å². The minimum atomic E-state index is -0.596. The SMILES string of the molecule is Cc1ccc(OCC(=O)OCC(=O)c2cc(C)n(CCc3ccc(F)cc3)c2C)cc1C. The highest BCUT2D eigenvalue weighted by atomic mass is 19.1. The average Bonchev–Trinajstić information content (AvgIpc) is 3.06. The number of rotatable bonds is 9. The van der Waals surface area contributed by atoms with E-state index < -0.39 is 5.97 Å². The smallest absolute Gasteiger partial charge is 0.344 e. The van der Waals surface area contributed by atoms with Crippen LogP contribution in [0.25, 0.3) is 0 Å². The van der Waals surface area contributed by atoms with E-state index in [2.05, 4.69) is 0 Å². The number of esters is 1. The predicted octanol–water partition coefficient (Wildman–Crippen LogP) is 4.91. The van der Waals surface area contributed by atoms with Gasteiger partial charge in [-0.1, -0.05) is 18.2 Å².